The number of nitrogens with zero attached hydrogens (tertiary/aromatic N) is 7. The summed E-state index contributed by atoms with van der Waals surface area (Å²) in [6, 6.07) is 0.567. The lowest BCUT2D eigenvalue weighted by molar-refractivity contribution is -0.172. The van der Waals surface area contributed by atoms with E-state index in [0.717, 1.165) is 12.1 Å². The molecule has 0 radical (unpaired) electrons. The van der Waals surface area contributed by atoms with Crippen molar-refractivity contribution in [2.75, 3.05) is 26.9 Å². The van der Waals surface area contributed by atoms with E-state index in [0.29, 0.717) is 10.7 Å². The summed E-state index contributed by atoms with van der Waals surface area (Å²) in [7, 11) is 1.50. The van der Waals surface area contributed by atoms with Crippen LogP contribution >= 0.6 is 23.1 Å². The van der Waals surface area contributed by atoms with Gasteiger partial charge in [0, 0.05) is 37.1 Å². The van der Waals surface area contributed by atoms with Gasteiger partial charge in [0.2, 0.25) is 0 Å². The summed E-state index contributed by atoms with van der Waals surface area (Å²) in [5.74, 6) is -5.14. The van der Waals surface area contributed by atoms with Gasteiger partial charge >= 0.3 is 5.97 Å². The van der Waals surface area contributed by atoms with Crippen LogP contribution in [0.5, 0.6) is 0 Å². The smallest absolute Gasteiger partial charge is 0.302 e. The van der Waals surface area contributed by atoms with Crippen LogP contribution in [-0.2, 0) is 23.7 Å². The maximum Gasteiger partial charge on any atom is 0.302 e. The van der Waals surface area contributed by atoms with E-state index in [1.165, 1.54) is 48.0 Å². The molecular weight excluding hydrogens is 651 g/mol. The zero-order valence-electron chi connectivity index (χ0n) is 24.8. The number of thioether (sulfide) groups is 1. The highest BCUT2D eigenvalue weighted by Gasteiger charge is 2.49. The van der Waals surface area contributed by atoms with E-state index in [1.807, 2.05) is 12.3 Å². The highest BCUT2D eigenvalue weighted by molar-refractivity contribution is 8.00. The average molecular weight is 682 g/mol. The first-order valence-corrected chi connectivity index (χ1v) is 16.1. The molecule has 4 aromatic rings. The Hall–Kier alpha value is -3.42. The first-order valence-electron chi connectivity index (χ1n) is 14.3. The summed E-state index contributed by atoms with van der Waals surface area (Å²) >= 11 is 2.72. The number of carbonyl (C=O) groups is 1. The normalized spacial score (nSPS) is 28.3. The Morgan fingerprint density at radius 1 is 1.13 bits per heavy atom. The molecule has 246 valence electrons. The standard InChI is InChI=1S/C28H30F3N7O6S2/c1-13-21(11-43-14(2)39)44-28(26(41-3)24(13)38-8-18(33-36-38)15-6-16(29)23(31)17(30)7-15)46-22-12-42-10-20(25(22)40)37-9-19(34-35-37)27-32-4-5-45-27/h4-9,13,20-22,24-26,28,40H,10-12H2,1-3H3. The van der Waals surface area contributed by atoms with Gasteiger partial charge in [-0.25, -0.2) is 27.5 Å². The number of esters is 1. The van der Waals surface area contributed by atoms with Crippen LogP contribution in [0.15, 0.2) is 36.1 Å². The molecule has 1 N–H and O–H groups in total. The van der Waals surface area contributed by atoms with Crippen molar-refractivity contribution in [1.82, 2.24) is 35.0 Å². The van der Waals surface area contributed by atoms with Gasteiger partial charge < -0.3 is 24.1 Å². The number of benzene rings is 1. The molecule has 46 heavy (non-hydrogen) atoms. The SMILES string of the molecule is COC1C(SC2COCC(n3cc(-c4nccs4)nn3)C2O)OC(COC(C)=O)C(C)C1n1cc(-c2cc(F)c(F)c(F)c2)nn1. The zero-order valence-corrected chi connectivity index (χ0v) is 26.4. The molecule has 2 aliphatic rings. The Bertz CT molecular complexity index is 1640. The fourth-order valence-electron chi connectivity index (χ4n) is 5.62. The summed E-state index contributed by atoms with van der Waals surface area (Å²) < 4.78 is 68.2. The van der Waals surface area contributed by atoms with E-state index in [-0.39, 0.29) is 37.0 Å². The van der Waals surface area contributed by atoms with Gasteiger partial charge in [0.05, 0.1) is 49.1 Å². The molecule has 0 aliphatic carbocycles. The number of hydrogen-bond acceptors (Lipinski definition) is 13. The van der Waals surface area contributed by atoms with E-state index in [2.05, 4.69) is 25.6 Å². The number of aromatic nitrogens is 7. The number of ether oxygens (including phenoxy) is 4. The second-order valence-electron chi connectivity index (χ2n) is 10.9. The number of methoxy groups -OCH3 is 1. The molecule has 13 nitrogen and oxygen atoms in total. The van der Waals surface area contributed by atoms with E-state index in [4.69, 9.17) is 18.9 Å². The lowest BCUT2D eigenvalue weighted by Crippen LogP contribution is -2.54. The Labute approximate surface area is 269 Å². The molecule has 5 heterocycles. The van der Waals surface area contributed by atoms with Crippen LogP contribution in [0.3, 0.4) is 0 Å². The van der Waals surface area contributed by atoms with E-state index < -0.39 is 64.5 Å². The first kappa shape index (κ1) is 32.5. The molecule has 8 atom stereocenters. The summed E-state index contributed by atoms with van der Waals surface area (Å²) in [6.45, 7) is 3.50. The third kappa shape index (κ3) is 6.54. The van der Waals surface area contributed by atoms with Crippen molar-refractivity contribution in [3.8, 4) is 22.0 Å². The van der Waals surface area contributed by atoms with Crippen molar-refractivity contribution in [2.45, 2.75) is 54.9 Å². The molecule has 18 heteroatoms. The van der Waals surface area contributed by atoms with Crippen molar-refractivity contribution >= 4 is 29.1 Å². The number of hydrogen-bond donors (Lipinski definition) is 1. The van der Waals surface area contributed by atoms with Crippen molar-refractivity contribution < 1.29 is 42.0 Å². The van der Waals surface area contributed by atoms with Gasteiger partial charge in [-0.3, -0.25) is 4.79 Å². The highest BCUT2D eigenvalue weighted by Crippen LogP contribution is 2.43. The van der Waals surface area contributed by atoms with Crippen molar-refractivity contribution in [1.29, 1.82) is 0 Å². The van der Waals surface area contributed by atoms with Gasteiger partial charge in [0.1, 0.15) is 40.6 Å². The summed E-state index contributed by atoms with van der Waals surface area (Å²) in [6.07, 6.45) is 2.64. The van der Waals surface area contributed by atoms with Crippen LogP contribution in [0.4, 0.5) is 13.2 Å². The fourth-order valence-corrected chi connectivity index (χ4v) is 7.70. The largest absolute Gasteiger partial charge is 0.463 e. The molecule has 2 saturated heterocycles. The van der Waals surface area contributed by atoms with Gasteiger partial charge in [-0.1, -0.05) is 17.4 Å². The monoisotopic (exact) mass is 681 g/mol. The number of carbonyl (C=O) groups excluding carboxylic acids is 1. The predicted octanol–water partition coefficient (Wildman–Crippen LogP) is 3.29. The Morgan fingerprint density at radius 2 is 1.85 bits per heavy atom. The van der Waals surface area contributed by atoms with Gasteiger partial charge in [-0.2, -0.15) is 0 Å². The molecule has 0 amide bonds. The molecule has 8 unspecified atom stereocenters. The number of halogens is 3. The zero-order chi connectivity index (χ0) is 32.5. The molecule has 2 aliphatic heterocycles. The minimum absolute atomic E-state index is 0.00151. The van der Waals surface area contributed by atoms with Crippen molar-refractivity contribution in [3.63, 3.8) is 0 Å². The Balaban J connectivity index is 1.26. The predicted molar refractivity (Wildman–Crippen MR) is 158 cm³/mol. The maximum atomic E-state index is 14.0. The van der Waals surface area contributed by atoms with E-state index in [1.54, 1.807) is 17.1 Å². The van der Waals surface area contributed by atoms with Crippen LogP contribution in [0.1, 0.15) is 25.9 Å². The van der Waals surface area contributed by atoms with Crippen molar-refractivity contribution in [3.05, 3.63) is 53.6 Å². The fraction of sp³-hybridized carbons (Fsp3) is 0.500. The Kier molecular flexibility index (Phi) is 9.72. The lowest BCUT2D eigenvalue weighted by atomic mass is 9.89. The molecule has 3 aromatic heterocycles. The quantitative estimate of drug-likeness (QED) is 0.204. The van der Waals surface area contributed by atoms with Gasteiger partial charge in [-0.05, 0) is 12.1 Å². The minimum atomic E-state index is -1.58. The number of rotatable bonds is 9. The van der Waals surface area contributed by atoms with Gasteiger partial charge in [-0.15, -0.1) is 33.3 Å². The van der Waals surface area contributed by atoms with Crippen LogP contribution in [0.2, 0.25) is 0 Å². The summed E-state index contributed by atoms with van der Waals surface area (Å²) in [5, 5.41) is 30.3. The number of thiazole rings is 1. The Morgan fingerprint density at radius 3 is 2.54 bits per heavy atom. The van der Waals surface area contributed by atoms with Crippen molar-refractivity contribution in [2.24, 2.45) is 5.92 Å². The van der Waals surface area contributed by atoms with Crippen LogP contribution in [-0.4, -0.2) is 102 Å². The van der Waals surface area contributed by atoms with Crippen LogP contribution < -0.4 is 0 Å². The van der Waals surface area contributed by atoms with Gasteiger partial charge in [0.25, 0.3) is 0 Å². The number of aliphatic hydroxyl groups is 1. The molecule has 0 saturated carbocycles. The second-order valence-corrected chi connectivity index (χ2v) is 13.2. The third-order valence-corrected chi connectivity index (χ3v) is 10.2. The molecule has 1 aromatic carbocycles. The highest BCUT2D eigenvalue weighted by atomic mass is 32.2. The maximum absolute atomic E-state index is 14.0. The van der Waals surface area contributed by atoms with E-state index >= 15 is 0 Å². The molecular formula is C28H30F3N7O6S2. The topological polar surface area (TPSA) is 149 Å². The van der Waals surface area contributed by atoms with Gasteiger partial charge in [0.15, 0.2) is 17.5 Å². The third-order valence-electron chi connectivity index (χ3n) is 8.01. The molecule has 0 spiro atoms. The van der Waals surface area contributed by atoms with Crippen LogP contribution in [0, 0.1) is 23.4 Å². The van der Waals surface area contributed by atoms with E-state index in [9.17, 15) is 23.1 Å². The lowest BCUT2D eigenvalue weighted by Gasteiger charge is -2.46. The second kappa shape index (κ2) is 13.7. The average Bonchev–Trinajstić information content (AvgIpc) is 3.83. The minimum Gasteiger partial charge on any atom is -0.463 e. The summed E-state index contributed by atoms with van der Waals surface area (Å²) in [4.78, 5) is 16.0. The molecule has 6 rings (SSSR count). The summed E-state index contributed by atoms with van der Waals surface area (Å²) in [5.41, 5.74) is -0.0337. The first-order chi connectivity index (χ1) is 22.1. The van der Waals surface area contributed by atoms with Crippen LogP contribution in [0.25, 0.3) is 22.0 Å². The molecule has 2 fully saturated rings. The number of aliphatic hydroxyl groups excluding tert-OH is 1. The molecule has 0 bridgehead atoms.